The quantitative estimate of drug-likeness (QED) is 0.409. The number of hydrogen-bond acceptors (Lipinski definition) is 4. The number of hydrogen-bond donors (Lipinski definition) is 1. The van der Waals surface area contributed by atoms with Gasteiger partial charge in [0.15, 0.2) is 0 Å². The lowest BCUT2D eigenvalue weighted by Gasteiger charge is -2.06. The molecule has 0 spiro atoms. The van der Waals surface area contributed by atoms with Crippen molar-refractivity contribution in [2.75, 3.05) is 6.67 Å². The molecule has 0 saturated carbocycles. The molecule has 5 heteroatoms. The van der Waals surface area contributed by atoms with E-state index < -0.39 is 0 Å². The van der Waals surface area contributed by atoms with Crippen LogP contribution in [-0.4, -0.2) is 23.0 Å². The summed E-state index contributed by atoms with van der Waals surface area (Å²) >= 11 is 1.37. The van der Waals surface area contributed by atoms with Crippen molar-refractivity contribution in [3.05, 3.63) is 0 Å². The van der Waals surface area contributed by atoms with Gasteiger partial charge in [0.1, 0.15) is 6.67 Å². The molecule has 44 valence electrons. The predicted molar refractivity (Wildman–Crippen MR) is 32.0 cm³/mol. The van der Waals surface area contributed by atoms with Gasteiger partial charge >= 0.3 is 0 Å². The molecule has 0 bridgehead atoms. The zero-order chi connectivity index (χ0) is 5.82. The van der Waals surface area contributed by atoms with Crippen molar-refractivity contribution in [3.8, 4) is 0 Å². The van der Waals surface area contributed by atoms with E-state index in [1.165, 1.54) is 11.9 Å². The van der Waals surface area contributed by atoms with E-state index in [1.54, 1.807) is 9.96 Å². The summed E-state index contributed by atoms with van der Waals surface area (Å²) in [5.74, 6) is 0. The number of nitrogens with zero attached hydrogens (tertiary/aromatic N) is 2. The first-order valence-corrected chi connectivity index (χ1v) is 2.89. The molecular weight excluding hydrogens is 126 g/mol. The third-order valence-corrected chi connectivity index (χ3v) is 1.37. The van der Waals surface area contributed by atoms with Gasteiger partial charge in [-0.25, -0.2) is 0 Å². The molecule has 0 aromatic heterocycles. The van der Waals surface area contributed by atoms with E-state index in [0.717, 1.165) is 0 Å². The maximum Gasteiger partial charge on any atom is 0.222 e. The molecule has 1 amide bonds. The van der Waals surface area contributed by atoms with Gasteiger partial charge < -0.3 is 0 Å². The van der Waals surface area contributed by atoms with E-state index in [-0.39, 0.29) is 0 Å². The van der Waals surface area contributed by atoms with Crippen molar-refractivity contribution in [3.63, 3.8) is 0 Å². The highest BCUT2D eigenvalue weighted by Crippen LogP contribution is 2.07. The standard InChI is InChI=1S/C3H5N3OS/c7-2-5-6-1-4-3-8-6/h2-3H,1H2,(H,5,7). The van der Waals surface area contributed by atoms with E-state index in [2.05, 4.69) is 10.4 Å². The molecule has 8 heavy (non-hydrogen) atoms. The van der Waals surface area contributed by atoms with Gasteiger partial charge in [-0.3, -0.25) is 15.2 Å². The monoisotopic (exact) mass is 131 g/mol. The summed E-state index contributed by atoms with van der Waals surface area (Å²) in [5.41, 5.74) is 4.11. The second kappa shape index (κ2) is 2.68. The van der Waals surface area contributed by atoms with Crippen molar-refractivity contribution in [2.24, 2.45) is 4.99 Å². The molecule has 0 atom stereocenters. The van der Waals surface area contributed by atoms with Crippen LogP contribution in [-0.2, 0) is 4.79 Å². The topological polar surface area (TPSA) is 44.7 Å². The summed E-state index contributed by atoms with van der Waals surface area (Å²) in [4.78, 5) is 13.6. The molecule has 1 rings (SSSR count). The fourth-order valence-corrected chi connectivity index (χ4v) is 0.845. The van der Waals surface area contributed by atoms with Crippen LogP contribution in [0.1, 0.15) is 0 Å². The van der Waals surface area contributed by atoms with Crippen LogP contribution in [0, 0.1) is 0 Å². The average Bonchev–Trinajstić information content (AvgIpc) is 2.19. The Hall–Kier alpha value is -0.550. The van der Waals surface area contributed by atoms with Crippen molar-refractivity contribution < 1.29 is 4.79 Å². The van der Waals surface area contributed by atoms with E-state index in [4.69, 9.17) is 0 Å². The molecule has 1 heterocycles. The Morgan fingerprint density at radius 1 is 2.00 bits per heavy atom. The minimum atomic E-state index is 0.545. The molecule has 0 aromatic rings. The molecule has 0 fully saturated rings. The average molecular weight is 131 g/mol. The summed E-state index contributed by atoms with van der Waals surface area (Å²) in [6, 6.07) is 0. The van der Waals surface area contributed by atoms with Crippen molar-refractivity contribution >= 4 is 23.9 Å². The lowest BCUT2D eigenvalue weighted by Crippen LogP contribution is -2.28. The normalized spacial score (nSPS) is 19.0. The van der Waals surface area contributed by atoms with Gasteiger partial charge in [-0.05, 0) is 11.9 Å². The van der Waals surface area contributed by atoms with Gasteiger partial charge in [0.25, 0.3) is 0 Å². The van der Waals surface area contributed by atoms with Gasteiger partial charge in [-0.15, -0.1) is 4.41 Å². The highest BCUT2D eigenvalue weighted by Gasteiger charge is 2.04. The van der Waals surface area contributed by atoms with Crippen LogP contribution < -0.4 is 5.43 Å². The lowest BCUT2D eigenvalue weighted by atomic mass is 11.1. The lowest BCUT2D eigenvalue weighted by molar-refractivity contribution is -0.111. The zero-order valence-corrected chi connectivity index (χ0v) is 4.89. The van der Waals surface area contributed by atoms with Crippen LogP contribution in [0.15, 0.2) is 4.99 Å². The minimum absolute atomic E-state index is 0.545. The molecule has 4 nitrogen and oxygen atoms in total. The molecule has 0 aromatic carbocycles. The number of carbonyl (C=O) groups excluding carboxylic acids is 1. The van der Waals surface area contributed by atoms with Gasteiger partial charge in [0, 0.05) is 0 Å². The van der Waals surface area contributed by atoms with Crippen LogP contribution in [0.2, 0.25) is 0 Å². The zero-order valence-electron chi connectivity index (χ0n) is 4.07. The summed E-state index contributed by atoms with van der Waals surface area (Å²) in [6.07, 6.45) is 0.627. The molecule has 1 N–H and O–H groups in total. The van der Waals surface area contributed by atoms with Gasteiger partial charge in [-0.2, -0.15) is 0 Å². The molecule has 0 saturated heterocycles. The summed E-state index contributed by atoms with van der Waals surface area (Å²) in [5, 5.41) is 0. The molecule has 0 radical (unpaired) electrons. The Balaban J connectivity index is 2.19. The Morgan fingerprint density at radius 2 is 2.88 bits per heavy atom. The van der Waals surface area contributed by atoms with Gasteiger partial charge in [0.05, 0.1) is 5.55 Å². The highest BCUT2D eigenvalue weighted by molar-refractivity contribution is 8.10. The van der Waals surface area contributed by atoms with Crippen molar-refractivity contribution in [1.82, 2.24) is 9.84 Å². The summed E-state index contributed by atoms with van der Waals surface area (Å²) in [7, 11) is 0. The minimum Gasteiger partial charge on any atom is -0.280 e. The number of aliphatic imine (C=N–C) groups is 1. The Bertz CT molecular complexity index is 107. The third kappa shape index (κ3) is 1.21. The van der Waals surface area contributed by atoms with E-state index in [9.17, 15) is 4.79 Å². The second-order valence-corrected chi connectivity index (χ2v) is 2.02. The summed E-state index contributed by atoms with van der Waals surface area (Å²) < 4.78 is 1.62. The molecule has 1 aliphatic heterocycles. The molecule has 1 aliphatic rings. The van der Waals surface area contributed by atoms with Crippen LogP contribution in [0.4, 0.5) is 0 Å². The van der Waals surface area contributed by atoms with E-state index in [1.807, 2.05) is 0 Å². The van der Waals surface area contributed by atoms with E-state index >= 15 is 0 Å². The van der Waals surface area contributed by atoms with Crippen LogP contribution >= 0.6 is 11.9 Å². The highest BCUT2D eigenvalue weighted by atomic mass is 32.2. The second-order valence-electron chi connectivity index (χ2n) is 1.16. The fraction of sp³-hybridized carbons (Fsp3) is 0.333. The molecule has 0 unspecified atom stereocenters. The predicted octanol–water partition coefficient (Wildman–Crippen LogP) is -0.403. The van der Waals surface area contributed by atoms with Crippen LogP contribution in [0.5, 0.6) is 0 Å². The van der Waals surface area contributed by atoms with Crippen LogP contribution in [0.3, 0.4) is 0 Å². The maximum atomic E-state index is 9.74. The SMILES string of the molecule is O=CNN1CN=CS1. The van der Waals surface area contributed by atoms with Crippen LogP contribution in [0.25, 0.3) is 0 Å². The number of nitrogens with one attached hydrogen (secondary N) is 1. The van der Waals surface area contributed by atoms with Crippen molar-refractivity contribution in [1.29, 1.82) is 0 Å². The first-order chi connectivity index (χ1) is 3.93. The first-order valence-electron chi connectivity index (χ1n) is 2.06. The largest absolute Gasteiger partial charge is 0.280 e. The van der Waals surface area contributed by atoms with Crippen molar-refractivity contribution in [2.45, 2.75) is 0 Å². The smallest absolute Gasteiger partial charge is 0.222 e. The summed E-state index contributed by atoms with van der Waals surface area (Å²) in [6.45, 7) is 0.545. The molecular formula is C3H5N3OS. The third-order valence-electron chi connectivity index (χ3n) is 0.656. The molecule has 0 aliphatic carbocycles. The number of carbonyl (C=O) groups is 1. The van der Waals surface area contributed by atoms with Gasteiger partial charge in [0.2, 0.25) is 6.41 Å². The Labute approximate surface area is 51.1 Å². The van der Waals surface area contributed by atoms with Gasteiger partial charge in [-0.1, -0.05) is 0 Å². The Morgan fingerprint density at radius 3 is 3.38 bits per heavy atom. The fourth-order valence-electron chi connectivity index (χ4n) is 0.361. The number of hydrazine groups is 1. The first kappa shape index (κ1) is 5.58. The number of amides is 1. The maximum absolute atomic E-state index is 9.74. The Kier molecular flexibility index (Phi) is 1.87. The van der Waals surface area contributed by atoms with E-state index in [0.29, 0.717) is 13.1 Å². The number of rotatable bonds is 2.